The molecule has 0 aliphatic rings. The van der Waals surface area contributed by atoms with E-state index in [1.807, 2.05) is 0 Å². The molecule has 0 aliphatic heterocycles. The molecule has 0 amide bonds. The second-order valence-electron chi connectivity index (χ2n) is 2.02. The Morgan fingerprint density at radius 3 is 2.55 bits per heavy atom. The molecule has 0 saturated carbocycles. The molecule has 3 heteroatoms. The fourth-order valence-electron chi connectivity index (χ4n) is 0.715. The Morgan fingerprint density at radius 1 is 1.27 bits per heavy atom. The van der Waals surface area contributed by atoms with E-state index in [-0.39, 0.29) is 11.2 Å². The van der Waals surface area contributed by atoms with Crippen LogP contribution in [-0.4, -0.2) is 12.2 Å². The van der Waals surface area contributed by atoms with Crippen molar-refractivity contribution in [3.05, 3.63) is 34.5 Å². The van der Waals surface area contributed by atoms with Crippen LogP contribution in [0, 0.1) is 0 Å². The number of hydrogen-bond donors (Lipinski definition) is 1. The first-order valence-electron chi connectivity index (χ1n) is 3.11. The highest BCUT2D eigenvalue weighted by atomic mass is 16.5. The van der Waals surface area contributed by atoms with E-state index in [2.05, 4.69) is 0 Å². The lowest BCUT2D eigenvalue weighted by Gasteiger charge is -1.95. The molecular weight excluding hydrogens is 144 g/mol. The van der Waals surface area contributed by atoms with Crippen molar-refractivity contribution in [3.63, 3.8) is 0 Å². The van der Waals surface area contributed by atoms with E-state index in [0.29, 0.717) is 5.75 Å². The van der Waals surface area contributed by atoms with Gasteiger partial charge >= 0.3 is 0 Å². The molecule has 0 bridgehead atoms. The van der Waals surface area contributed by atoms with Crippen molar-refractivity contribution in [1.29, 1.82) is 0 Å². The molecule has 1 aromatic rings. The van der Waals surface area contributed by atoms with Crippen molar-refractivity contribution in [1.82, 2.24) is 0 Å². The van der Waals surface area contributed by atoms with Crippen LogP contribution in [0.5, 0.6) is 11.5 Å². The lowest BCUT2D eigenvalue weighted by molar-refractivity contribution is 0.374. The van der Waals surface area contributed by atoms with Crippen molar-refractivity contribution in [2.45, 2.75) is 0 Å². The molecule has 1 aromatic carbocycles. The highest BCUT2D eigenvalue weighted by Crippen LogP contribution is 2.21. The van der Waals surface area contributed by atoms with Gasteiger partial charge in [-0.3, -0.25) is 4.79 Å². The molecule has 0 fully saturated rings. The van der Waals surface area contributed by atoms with Gasteiger partial charge in [0.05, 0.1) is 7.11 Å². The van der Waals surface area contributed by atoms with Crippen LogP contribution in [0.4, 0.5) is 0 Å². The van der Waals surface area contributed by atoms with Crippen LogP contribution in [0.15, 0.2) is 29.1 Å². The van der Waals surface area contributed by atoms with Crippen molar-refractivity contribution >= 4 is 0 Å². The second-order valence-corrected chi connectivity index (χ2v) is 2.02. The quantitative estimate of drug-likeness (QED) is 0.646. The molecule has 58 valence electrons. The van der Waals surface area contributed by atoms with E-state index in [1.54, 1.807) is 0 Å². The molecule has 0 atom stereocenters. The highest BCUT2D eigenvalue weighted by molar-refractivity contribution is 5.36. The minimum atomic E-state index is -0.163. The monoisotopic (exact) mass is 152 g/mol. The molecular formula is C8H8O3. The van der Waals surface area contributed by atoms with Crippen LogP contribution in [0.3, 0.4) is 0 Å². The molecule has 0 aromatic heterocycles. The van der Waals surface area contributed by atoms with E-state index >= 15 is 0 Å². The van der Waals surface area contributed by atoms with Gasteiger partial charge in [0.15, 0.2) is 16.9 Å². The minimum absolute atomic E-state index is 0.0328. The first kappa shape index (κ1) is 7.60. The first-order valence-corrected chi connectivity index (χ1v) is 3.11. The van der Waals surface area contributed by atoms with Crippen LogP contribution in [0.1, 0.15) is 0 Å². The van der Waals surface area contributed by atoms with Crippen molar-refractivity contribution in [2.75, 3.05) is 7.11 Å². The number of rotatable bonds is 1. The Kier molecular flexibility index (Phi) is 2.11. The van der Waals surface area contributed by atoms with E-state index in [0.717, 1.165) is 0 Å². The number of ether oxygens (including phenoxy) is 1. The Bertz CT molecular complexity index is 306. The molecule has 0 radical (unpaired) electrons. The molecule has 0 unspecified atom stereocenters. The normalized spacial score (nSPS) is 9.18. The molecule has 0 heterocycles. The molecule has 1 rings (SSSR count). The van der Waals surface area contributed by atoms with Gasteiger partial charge < -0.3 is 9.84 Å². The van der Waals surface area contributed by atoms with Gasteiger partial charge in [0.2, 0.25) is 0 Å². The van der Waals surface area contributed by atoms with Crippen molar-refractivity contribution < 1.29 is 9.84 Å². The number of aromatic hydroxyl groups is 1. The van der Waals surface area contributed by atoms with Gasteiger partial charge in [-0.1, -0.05) is 0 Å². The van der Waals surface area contributed by atoms with Crippen molar-refractivity contribution in [2.24, 2.45) is 0 Å². The molecule has 0 spiro atoms. The van der Waals surface area contributed by atoms with Crippen LogP contribution in [0.25, 0.3) is 0 Å². The van der Waals surface area contributed by atoms with Crippen LogP contribution in [0.2, 0.25) is 0 Å². The Morgan fingerprint density at radius 2 is 1.91 bits per heavy atom. The SMILES string of the molecule is COc1ccc(=O)ccc1O. The summed E-state index contributed by atoms with van der Waals surface area (Å²) in [6.07, 6.45) is 0. The fourth-order valence-corrected chi connectivity index (χ4v) is 0.715. The topological polar surface area (TPSA) is 46.5 Å². The summed E-state index contributed by atoms with van der Waals surface area (Å²) in [6, 6.07) is 5.34. The standard InChI is InChI=1S/C8H8O3/c1-11-8-5-3-6(9)2-4-7(8)10/h2-5,10H,1H3. The highest BCUT2D eigenvalue weighted by Gasteiger charge is 1.95. The predicted octanol–water partition coefficient (Wildman–Crippen LogP) is 0.761. The lowest BCUT2D eigenvalue weighted by Crippen LogP contribution is -1.87. The smallest absolute Gasteiger partial charge is 0.178 e. The maximum Gasteiger partial charge on any atom is 0.178 e. The van der Waals surface area contributed by atoms with Gasteiger partial charge in [0.25, 0.3) is 0 Å². The van der Waals surface area contributed by atoms with Crippen molar-refractivity contribution in [3.8, 4) is 11.5 Å². The molecule has 0 saturated heterocycles. The Labute approximate surface area is 63.9 Å². The van der Waals surface area contributed by atoms with Gasteiger partial charge in [-0.2, -0.15) is 0 Å². The molecule has 0 aliphatic carbocycles. The van der Waals surface area contributed by atoms with Gasteiger partial charge in [0, 0.05) is 0 Å². The summed E-state index contributed by atoms with van der Waals surface area (Å²) in [4.78, 5) is 10.7. The second kappa shape index (κ2) is 3.05. The van der Waals surface area contributed by atoms with E-state index in [1.165, 1.54) is 31.4 Å². The number of methoxy groups -OCH3 is 1. The summed E-state index contributed by atoms with van der Waals surface area (Å²) < 4.78 is 4.77. The van der Waals surface area contributed by atoms with Crippen LogP contribution in [-0.2, 0) is 0 Å². The average Bonchev–Trinajstić information content (AvgIpc) is 2.15. The first-order chi connectivity index (χ1) is 5.24. The molecule has 11 heavy (non-hydrogen) atoms. The third-order valence-corrected chi connectivity index (χ3v) is 1.28. The van der Waals surface area contributed by atoms with Gasteiger partial charge in [-0.05, 0) is 24.3 Å². The van der Waals surface area contributed by atoms with Gasteiger partial charge in [0.1, 0.15) is 0 Å². The maximum absolute atomic E-state index is 10.7. The van der Waals surface area contributed by atoms with E-state index < -0.39 is 0 Å². The average molecular weight is 152 g/mol. The van der Waals surface area contributed by atoms with E-state index in [9.17, 15) is 4.79 Å². The summed E-state index contributed by atoms with van der Waals surface area (Å²) in [6.45, 7) is 0. The summed E-state index contributed by atoms with van der Waals surface area (Å²) in [5, 5.41) is 9.13. The maximum atomic E-state index is 10.7. The fraction of sp³-hybridized carbons (Fsp3) is 0.125. The summed E-state index contributed by atoms with van der Waals surface area (Å²) >= 11 is 0. The third-order valence-electron chi connectivity index (χ3n) is 1.28. The molecule has 3 nitrogen and oxygen atoms in total. The summed E-state index contributed by atoms with van der Waals surface area (Å²) in [5.74, 6) is 0.265. The largest absolute Gasteiger partial charge is 0.504 e. The number of hydrogen-bond acceptors (Lipinski definition) is 3. The van der Waals surface area contributed by atoms with Gasteiger partial charge in [-0.15, -0.1) is 0 Å². The summed E-state index contributed by atoms with van der Waals surface area (Å²) in [5.41, 5.74) is -0.163. The summed E-state index contributed by atoms with van der Waals surface area (Å²) in [7, 11) is 1.43. The zero-order valence-electron chi connectivity index (χ0n) is 6.07. The van der Waals surface area contributed by atoms with E-state index in [4.69, 9.17) is 9.84 Å². The Balaban J connectivity index is 3.32. The van der Waals surface area contributed by atoms with Crippen LogP contribution < -0.4 is 10.2 Å². The Hall–Kier alpha value is -1.51. The minimum Gasteiger partial charge on any atom is -0.504 e. The zero-order valence-corrected chi connectivity index (χ0v) is 6.07. The third kappa shape index (κ3) is 1.70. The van der Waals surface area contributed by atoms with Gasteiger partial charge in [-0.25, -0.2) is 0 Å². The zero-order chi connectivity index (χ0) is 8.27. The lowest BCUT2D eigenvalue weighted by atomic mass is 10.4. The van der Waals surface area contributed by atoms with Crippen LogP contribution >= 0.6 is 0 Å². The molecule has 1 N–H and O–H groups in total. The predicted molar refractivity (Wildman–Crippen MR) is 40.9 cm³/mol.